The van der Waals surface area contributed by atoms with Gasteiger partial charge in [-0.25, -0.2) is 0 Å². The second-order valence-corrected chi connectivity index (χ2v) is 5.79. The molecular weight excluding hydrogens is 224 g/mol. The molecule has 110 valence electrons. The van der Waals surface area contributed by atoms with Gasteiger partial charge in [-0.2, -0.15) is 0 Å². The molecule has 1 atom stereocenters. The first-order valence-electron chi connectivity index (χ1n) is 7.59. The maximum absolute atomic E-state index is 5.60. The molecule has 0 aliphatic carbocycles. The molecule has 3 heteroatoms. The Labute approximate surface area is 114 Å². The molecule has 18 heavy (non-hydrogen) atoms. The zero-order valence-electron chi connectivity index (χ0n) is 12.9. The van der Waals surface area contributed by atoms with E-state index in [0.29, 0.717) is 0 Å². The Balaban J connectivity index is 3.52. The monoisotopic (exact) mass is 258 g/mol. The predicted octanol–water partition coefficient (Wildman–Crippen LogP) is 3.77. The SMILES string of the molecule is CCCCCCCCCCC(NN)C(C)(C)OC. The van der Waals surface area contributed by atoms with Gasteiger partial charge in [0.25, 0.3) is 0 Å². The first kappa shape index (κ1) is 17.9. The predicted molar refractivity (Wildman–Crippen MR) is 79.4 cm³/mol. The summed E-state index contributed by atoms with van der Waals surface area (Å²) in [6.45, 7) is 6.43. The van der Waals surface area contributed by atoms with E-state index in [9.17, 15) is 0 Å². The van der Waals surface area contributed by atoms with Crippen LogP contribution in [0.4, 0.5) is 0 Å². The van der Waals surface area contributed by atoms with Crippen LogP contribution in [0.1, 0.15) is 78.6 Å². The second kappa shape index (κ2) is 10.8. The van der Waals surface area contributed by atoms with E-state index in [1.54, 1.807) is 7.11 Å². The van der Waals surface area contributed by atoms with Gasteiger partial charge in [0.15, 0.2) is 0 Å². The molecule has 0 saturated heterocycles. The minimum atomic E-state index is -0.185. The fraction of sp³-hybridized carbons (Fsp3) is 1.00. The highest BCUT2D eigenvalue weighted by molar-refractivity contribution is 4.83. The molecule has 0 heterocycles. The van der Waals surface area contributed by atoms with Crippen LogP contribution in [-0.4, -0.2) is 18.8 Å². The summed E-state index contributed by atoms with van der Waals surface area (Å²) in [5.74, 6) is 5.60. The Morgan fingerprint density at radius 3 is 1.94 bits per heavy atom. The van der Waals surface area contributed by atoms with E-state index < -0.39 is 0 Å². The summed E-state index contributed by atoms with van der Waals surface area (Å²) in [5, 5.41) is 0. The van der Waals surface area contributed by atoms with Crippen LogP contribution in [0.15, 0.2) is 0 Å². The maximum atomic E-state index is 5.60. The summed E-state index contributed by atoms with van der Waals surface area (Å²) in [4.78, 5) is 0. The van der Waals surface area contributed by atoms with E-state index in [-0.39, 0.29) is 11.6 Å². The number of nitrogens with two attached hydrogens (primary N) is 1. The molecule has 0 fully saturated rings. The molecule has 3 N–H and O–H groups in total. The normalized spacial score (nSPS) is 13.8. The van der Waals surface area contributed by atoms with Crippen LogP contribution in [0.5, 0.6) is 0 Å². The fourth-order valence-corrected chi connectivity index (χ4v) is 2.26. The van der Waals surface area contributed by atoms with Crippen LogP contribution in [-0.2, 0) is 4.74 Å². The minimum absolute atomic E-state index is 0.185. The molecule has 0 spiro atoms. The van der Waals surface area contributed by atoms with E-state index in [1.807, 2.05) is 0 Å². The molecule has 0 aliphatic rings. The third-order valence-corrected chi connectivity index (χ3v) is 3.91. The van der Waals surface area contributed by atoms with Gasteiger partial charge >= 0.3 is 0 Å². The highest BCUT2D eigenvalue weighted by Gasteiger charge is 2.27. The van der Waals surface area contributed by atoms with Crippen LogP contribution in [0.25, 0.3) is 0 Å². The topological polar surface area (TPSA) is 47.3 Å². The van der Waals surface area contributed by atoms with Crippen molar-refractivity contribution in [1.29, 1.82) is 0 Å². The number of hydrogen-bond donors (Lipinski definition) is 2. The summed E-state index contributed by atoms with van der Waals surface area (Å²) in [5.41, 5.74) is 2.70. The van der Waals surface area contributed by atoms with Gasteiger partial charge < -0.3 is 4.74 Å². The molecule has 1 unspecified atom stereocenters. The van der Waals surface area contributed by atoms with Crippen molar-refractivity contribution in [2.75, 3.05) is 7.11 Å². The Kier molecular flexibility index (Phi) is 10.7. The van der Waals surface area contributed by atoms with Crippen molar-refractivity contribution in [3.63, 3.8) is 0 Å². The van der Waals surface area contributed by atoms with Crippen molar-refractivity contribution in [2.24, 2.45) is 5.84 Å². The third-order valence-electron chi connectivity index (χ3n) is 3.91. The maximum Gasteiger partial charge on any atom is 0.0788 e. The lowest BCUT2D eigenvalue weighted by Gasteiger charge is -2.32. The Morgan fingerprint density at radius 2 is 1.50 bits per heavy atom. The van der Waals surface area contributed by atoms with E-state index in [2.05, 4.69) is 26.2 Å². The molecule has 0 radical (unpaired) electrons. The quantitative estimate of drug-likeness (QED) is 0.318. The van der Waals surface area contributed by atoms with Crippen LogP contribution in [0, 0.1) is 0 Å². The fourth-order valence-electron chi connectivity index (χ4n) is 2.26. The van der Waals surface area contributed by atoms with Gasteiger partial charge in [0.2, 0.25) is 0 Å². The zero-order valence-corrected chi connectivity index (χ0v) is 12.9. The van der Waals surface area contributed by atoms with Crippen LogP contribution in [0.2, 0.25) is 0 Å². The Hall–Kier alpha value is -0.120. The van der Waals surface area contributed by atoms with Crippen LogP contribution >= 0.6 is 0 Å². The van der Waals surface area contributed by atoms with Gasteiger partial charge in [-0.05, 0) is 20.3 Å². The number of hydrazine groups is 1. The van der Waals surface area contributed by atoms with Gasteiger partial charge in [0.05, 0.1) is 5.60 Å². The van der Waals surface area contributed by atoms with E-state index >= 15 is 0 Å². The van der Waals surface area contributed by atoms with Gasteiger partial charge in [0, 0.05) is 13.2 Å². The lowest BCUT2D eigenvalue weighted by Crippen LogP contribution is -2.50. The molecule has 0 rings (SSSR count). The lowest BCUT2D eigenvalue weighted by molar-refractivity contribution is -0.0132. The molecule has 3 nitrogen and oxygen atoms in total. The van der Waals surface area contributed by atoms with Crippen molar-refractivity contribution in [3.8, 4) is 0 Å². The first-order valence-corrected chi connectivity index (χ1v) is 7.59. The molecule has 0 bridgehead atoms. The number of rotatable bonds is 12. The van der Waals surface area contributed by atoms with Gasteiger partial charge in [-0.3, -0.25) is 11.3 Å². The Bertz CT molecular complexity index is 183. The summed E-state index contributed by atoms with van der Waals surface area (Å²) < 4.78 is 5.47. The highest BCUT2D eigenvalue weighted by Crippen LogP contribution is 2.19. The largest absolute Gasteiger partial charge is 0.377 e. The van der Waals surface area contributed by atoms with Crippen LogP contribution in [0.3, 0.4) is 0 Å². The second-order valence-electron chi connectivity index (χ2n) is 5.79. The summed E-state index contributed by atoms with van der Waals surface area (Å²) in [7, 11) is 1.75. The molecule has 0 amide bonds. The third kappa shape index (κ3) is 8.06. The lowest BCUT2D eigenvalue weighted by atomic mass is 9.93. The molecule has 0 saturated carbocycles. The highest BCUT2D eigenvalue weighted by atomic mass is 16.5. The standard InChI is InChI=1S/C15H34N2O/c1-5-6-7-8-9-10-11-12-13-14(17-16)15(2,3)18-4/h14,17H,5-13,16H2,1-4H3. The van der Waals surface area contributed by atoms with E-state index in [0.717, 1.165) is 6.42 Å². The van der Waals surface area contributed by atoms with Gasteiger partial charge in [0.1, 0.15) is 0 Å². The number of nitrogens with one attached hydrogen (secondary N) is 1. The molecular formula is C15H34N2O. The molecule has 0 aromatic heterocycles. The Morgan fingerprint density at radius 1 is 1.00 bits per heavy atom. The van der Waals surface area contributed by atoms with Crippen molar-refractivity contribution in [3.05, 3.63) is 0 Å². The zero-order chi connectivity index (χ0) is 13.9. The summed E-state index contributed by atoms with van der Waals surface area (Å²) in [6, 6.07) is 0.239. The van der Waals surface area contributed by atoms with Crippen molar-refractivity contribution < 1.29 is 4.74 Å². The summed E-state index contributed by atoms with van der Waals surface area (Å²) in [6.07, 6.45) is 11.9. The molecule has 0 aromatic carbocycles. The van der Waals surface area contributed by atoms with Gasteiger partial charge in [-0.1, -0.05) is 58.3 Å². The molecule has 0 aromatic rings. The van der Waals surface area contributed by atoms with Crippen molar-refractivity contribution in [2.45, 2.75) is 90.2 Å². The smallest absolute Gasteiger partial charge is 0.0788 e. The number of unbranched alkanes of at least 4 members (excludes halogenated alkanes) is 7. The van der Waals surface area contributed by atoms with E-state index in [1.165, 1.54) is 51.4 Å². The van der Waals surface area contributed by atoms with E-state index in [4.69, 9.17) is 10.6 Å². The minimum Gasteiger partial charge on any atom is -0.377 e. The average molecular weight is 258 g/mol. The van der Waals surface area contributed by atoms with Crippen LogP contribution < -0.4 is 11.3 Å². The number of ether oxygens (including phenoxy) is 1. The number of hydrogen-bond acceptors (Lipinski definition) is 3. The van der Waals surface area contributed by atoms with Crippen molar-refractivity contribution >= 4 is 0 Å². The van der Waals surface area contributed by atoms with Gasteiger partial charge in [-0.15, -0.1) is 0 Å². The average Bonchev–Trinajstić information content (AvgIpc) is 2.36. The number of methoxy groups -OCH3 is 1. The molecule has 0 aliphatic heterocycles. The van der Waals surface area contributed by atoms with Crippen molar-refractivity contribution in [1.82, 2.24) is 5.43 Å². The first-order chi connectivity index (χ1) is 8.58. The summed E-state index contributed by atoms with van der Waals surface area (Å²) >= 11 is 0.